The smallest absolute Gasteiger partial charge is 0.227 e. The zero-order valence-corrected chi connectivity index (χ0v) is 13.9. The summed E-state index contributed by atoms with van der Waals surface area (Å²) >= 11 is 0. The summed E-state index contributed by atoms with van der Waals surface area (Å²) in [6, 6.07) is 3.53. The molecule has 0 aromatic heterocycles. The molecule has 1 atom stereocenters. The number of nitrogens with zero attached hydrogens (tertiary/aromatic N) is 2. The Morgan fingerprint density at radius 2 is 1.88 bits per heavy atom. The molecule has 25 heavy (non-hydrogen) atoms. The zero-order chi connectivity index (χ0) is 17.6. The van der Waals surface area contributed by atoms with Crippen LogP contribution in [0.25, 0.3) is 0 Å². The minimum Gasteiger partial charge on any atom is -0.342 e. The first-order valence-corrected chi connectivity index (χ1v) is 8.67. The van der Waals surface area contributed by atoms with Gasteiger partial charge in [-0.15, -0.1) is 0 Å². The number of benzene rings is 1. The molecule has 0 radical (unpaired) electrons. The number of rotatable bonds is 2. The predicted molar refractivity (Wildman–Crippen MR) is 88.8 cm³/mol. The van der Waals surface area contributed by atoms with E-state index in [-0.39, 0.29) is 23.1 Å². The maximum absolute atomic E-state index is 13.5. The van der Waals surface area contributed by atoms with Crippen molar-refractivity contribution in [3.63, 3.8) is 0 Å². The predicted octanol–water partition coefficient (Wildman–Crippen LogP) is 2.89. The van der Waals surface area contributed by atoms with Crippen molar-refractivity contribution < 1.29 is 18.4 Å². The molecule has 2 aliphatic heterocycles. The molecule has 1 spiro atoms. The number of amides is 2. The van der Waals surface area contributed by atoms with Crippen molar-refractivity contribution >= 4 is 17.5 Å². The van der Waals surface area contributed by atoms with Gasteiger partial charge in [0.2, 0.25) is 11.8 Å². The van der Waals surface area contributed by atoms with E-state index in [1.165, 1.54) is 11.0 Å². The molecule has 3 aliphatic rings. The van der Waals surface area contributed by atoms with Gasteiger partial charge in [0.1, 0.15) is 0 Å². The van der Waals surface area contributed by atoms with Crippen molar-refractivity contribution in [1.82, 2.24) is 4.90 Å². The van der Waals surface area contributed by atoms with Gasteiger partial charge in [0.05, 0.1) is 0 Å². The molecule has 2 heterocycles. The Labute approximate surface area is 145 Å². The molecular weight excluding hydrogens is 326 g/mol. The first kappa shape index (κ1) is 16.2. The summed E-state index contributed by atoms with van der Waals surface area (Å²) in [5, 5.41) is 0. The second-order valence-electron chi connectivity index (χ2n) is 7.40. The number of anilines is 1. The molecule has 132 valence electrons. The standard InChI is InChI=1S/C19H20F2N2O2/c20-15-6-5-14(9-16(15)21)23-12-19(10-17(23)24)7-8-22(11-19)18(25)13-3-1-2-4-13/h1-2,5-6,9,13H,3-4,7-8,10-12H2/t19-/m0/s1. The van der Waals surface area contributed by atoms with Gasteiger partial charge in [-0.3, -0.25) is 9.59 Å². The zero-order valence-electron chi connectivity index (χ0n) is 13.9. The van der Waals surface area contributed by atoms with E-state index in [4.69, 9.17) is 0 Å². The largest absolute Gasteiger partial charge is 0.342 e. The molecule has 2 saturated heterocycles. The number of allylic oxidation sites excluding steroid dienone is 2. The number of carbonyl (C=O) groups excluding carboxylic acids is 2. The van der Waals surface area contributed by atoms with Crippen molar-refractivity contribution in [1.29, 1.82) is 0 Å². The van der Waals surface area contributed by atoms with Crippen LogP contribution in [0.3, 0.4) is 0 Å². The Balaban J connectivity index is 1.48. The molecule has 4 nitrogen and oxygen atoms in total. The van der Waals surface area contributed by atoms with E-state index in [2.05, 4.69) is 0 Å². The van der Waals surface area contributed by atoms with Crippen LogP contribution in [0.4, 0.5) is 14.5 Å². The highest BCUT2D eigenvalue weighted by atomic mass is 19.2. The summed E-state index contributed by atoms with van der Waals surface area (Å²) in [6.07, 6.45) is 6.78. The molecule has 0 unspecified atom stereocenters. The van der Waals surface area contributed by atoms with Crippen molar-refractivity contribution in [2.45, 2.75) is 25.7 Å². The molecule has 1 aromatic carbocycles. The van der Waals surface area contributed by atoms with Gasteiger partial charge in [-0.25, -0.2) is 8.78 Å². The average Bonchev–Trinajstić information content (AvgIpc) is 3.31. The molecule has 0 N–H and O–H groups in total. The van der Waals surface area contributed by atoms with Crippen molar-refractivity contribution in [2.75, 3.05) is 24.5 Å². The second-order valence-corrected chi connectivity index (χ2v) is 7.40. The number of halogens is 2. The molecule has 1 aromatic rings. The van der Waals surface area contributed by atoms with Gasteiger partial charge in [0.25, 0.3) is 0 Å². The molecule has 0 bridgehead atoms. The Bertz CT molecular complexity index is 756. The fourth-order valence-electron chi connectivity index (χ4n) is 4.26. The van der Waals surface area contributed by atoms with E-state index in [1.54, 1.807) is 0 Å². The SMILES string of the molecule is O=C(C1CC=CC1)N1CC[C@]2(CC(=O)N(c3ccc(F)c(F)c3)C2)C1. The van der Waals surface area contributed by atoms with Crippen molar-refractivity contribution in [3.8, 4) is 0 Å². The molecule has 0 saturated carbocycles. The molecular formula is C19H20F2N2O2. The monoisotopic (exact) mass is 346 g/mol. The summed E-state index contributed by atoms with van der Waals surface area (Å²) < 4.78 is 26.6. The third kappa shape index (κ3) is 2.83. The van der Waals surface area contributed by atoms with E-state index in [9.17, 15) is 18.4 Å². The second kappa shape index (κ2) is 5.93. The Kier molecular flexibility index (Phi) is 3.85. The van der Waals surface area contributed by atoms with Gasteiger partial charge in [-0.05, 0) is 31.4 Å². The normalized spacial score (nSPS) is 26.4. The molecule has 4 rings (SSSR count). The lowest BCUT2D eigenvalue weighted by Gasteiger charge is -2.25. The van der Waals surface area contributed by atoms with Gasteiger partial charge in [0, 0.05) is 49.1 Å². The van der Waals surface area contributed by atoms with Gasteiger partial charge in [-0.2, -0.15) is 0 Å². The molecule has 6 heteroatoms. The highest BCUT2D eigenvalue weighted by Crippen LogP contribution is 2.42. The molecule has 2 amide bonds. The van der Waals surface area contributed by atoms with Crippen LogP contribution in [0, 0.1) is 23.0 Å². The summed E-state index contributed by atoms with van der Waals surface area (Å²) in [7, 11) is 0. The highest BCUT2D eigenvalue weighted by Gasteiger charge is 2.49. The topological polar surface area (TPSA) is 40.6 Å². The minimum atomic E-state index is -0.955. The van der Waals surface area contributed by atoms with E-state index in [0.29, 0.717) is 31.7 Å². The van der Waals surface area contributed by atoms with Crippen molar-refractivity contribution in [2.24, 2.45) is 11.3 Å². The van der Waals surface area contributed by atoms with E-state index in [1.807, 2.05) is 17.1 Å². The van der Waals surface area contributed by atoms with E-state index < -0.39 is 11.6 Å². The van der Waals surface area contributed by atoms with Crippen LogP contribution >= 0.6 is 0 Å². The highest BCUT2D eigenvalue weighted by molar-refractivity contribution is 5.96. The Morgan fingerprint density at radius 3 is 2.60 bits per heavy atom. The van der Waals surface area contributed by atoms with Crippen LogP contribution in [-0.4, -0.2) is 36.3 Å². The maximum Gasteiger partial charge on any atom is 0.227 e. The first-order valence-electron chi connectivity index (χ1n) is 8.67. The lowest BCUT2D eigenvalue weighted by Crippen LogP contribution is -2.37. The third-order valence-electron chi connectivity index (χ3n) is 5.64. The number of hydrogen-bond acceptors (Lipinski definition) is 2. The van der Waals surface area contributed by atoms with Crippen LogP contribution in [0.5, 0.6) is 0 Å². The van der Waals surface area contributed by atoms with Gasteiger partial charge >= 0.3 is 0 Å². The van der Waals surface area contributed by atoms with Crippen LogP contribution in [0.15, 0.2) is 30.4 Å². The quantitative estimate of drug-likeness (QED) is 0.773. The van der Waals surface area contributed by atoms with Crippen molar-refractivity contribution in [3.05, 3.63) is 42.0 Å². The summed E-state index contributed by atoms with van der Waals surface area (Å²) in [6.45, 7) is 1.67. The van der Waals surface area contributed by atoms with Gasteiger partial charge in [-0.1, -0.05) is 12.2 Å². The molecule has 1 aliphatic carbocycles. The Morgan fingerprint density at radius 1 is 1.12 bits per heavy atom. The van der Waals surface area contributed by atoms with E-state index >= 15 is 0 Å². The van der Waals surface area contributed by atoms with Gasteiger partial charge < -0.3 is 9.80 Å². The fourth-order valence-corrected chi connectivity index (χ4v) is 4.26. The van der Waals surface area contributed by atoms with Crippen LogP contribution < -0.4 is 4.90 Å². The third-order valence-corrected chi connectivity index (χ3v) is 5.64. The van der Waals surface area contributed by atoms with Crippen LogP contribution in [-0.2, 0) is 9.59 Å². The summed E-state index contributed by atoms with van der Waals surface area (Å²) in [5.74, 6) is -1.77. The Hall–Kier alpha value is -2.24. The maximum atomic E-state index is 13.5. The fraction of sp³-hybridized carbons (Fsp3) is 0.474. The lowest BCUT2D eigenvalue weighted by molar-refractivity contribution is -0.134. The lowest BCUT2D eigenvalue weighted by atomic mass is 9.86. The average molecular weight is 346 g/mol. The number of likely N-dealkylation sites (tertiary alicyclic amines) is 1. The van der Waals surface area contributed by atoms with Gasteiger partial charge in [0.15, 0.2) is 11.6 Å². The number of carbonyl (C=O) groups is 2. The van der Waals surface area contributed by atoms with Crippen LogP contribution in [0.2, 0.25) is 0 Å². The van der Waals surface area contributed by atoms with Crippen LogP contribution in [0.1, 0.15) is 25.7 Å². The minimum absolute atomic E-state index is 0.0366. The first-order chi connectivity index (χ1) is 12.0. The number of hydrogen-bond donors (Lipinski definition) is 0. The summed E-state index contributed by atoms with van der Waals surface area (Å²) in [4.78, 5) is 28.5. The summed E-state index contributed by atoms with van der Waals surface area (Å²) in [5.41, 5.74) is 0.106. The molecule has 2 fully saturated rings. The van der Waals surface area contributed by atoms with E-state index in [0.717, 1.165) is 31.4 Å².